The van der Waals surface area contributed by atoms with E-state index in [-0.39, 0.29) is 13.1 Å². The fourth-order valence-corrected chi connectivity index (χ4v) is 3.98. The number of aliphatic hydroxyl groups excluding tert-OH is 1. The van der Waals surface area contributed by atoms with Gasteiger partial charge in [0, 0.05) is 39.2 Å². The van der Waals surface area contributed by atoms with Crippen molar-refractivity contribution in [2.45, 2.75) is 11.0 Å². The van der Waals surface area contributed by atoms with Gasteiger partial charge in [-0.25, -0.2) is 0 Å². The van der Waals surface area contributed by atoms with Crippen LogP contribution in [-0.4, -0.2) is 44.9 Å². The number of nitrogens with zero attached hydrogens (tertiary/aromatic N) is 2. The largest absolute Gasteiger partial charge is 0.378 e. The number of nitrogens with one attached hydrogen (secondary N) is 3. The van der Waals surface area contributed by atoms with E-state index in [4.69, 9.17) is 17.0 Å². The molecule has 4 rings (SSSR count). The molecule has 2 aromatic carbocycles. The highest BCUT2D eigenvalue weighted by molar-refractivity contribution is 7.97. The molecule has 3 aromatic rings. The summed E-state index contributed by atoms with van der Waals surface area (Å²) in [6.07, 6.45) is 2.14. The second kappa shape index (κ2) is 8.28. The first-order chi connectivity index (χ1) is 14.0. The Morgan fingerprint density at radius 3 is 3.00 bits per heavy atom. The summed E-state index contributed by atoms with van der Waals surface area (Å²) in [5.74, 6) is -0.469. The van der Waals surface area contributed by atoms with E-state index in [9.17, 15) is 9.90 Å². The summed E-state index contributed by atoms with van der Waals surface area (Å²) < 4.78 is 3.12. The van der Waals surface area contributed by atoms with E-state index in [0.717, 1.165) is 15.8 Å². The normalized spacial score (nSPS) is 16.6. The van der Waals surface area contributed by atoms with Crippen molar-refractivity contribution in [3.8, 4) is 0 Å². The van der Waals surface area contributed by atoms with E-state index in [1.54, 1.807) is 36.7 Å². The van der Waals surface area contributed by atoms with Gasteiger partial charge in [-0.05, 0) is 30.1 Å². The maximum absolute atomic E-state index is 12.6. The summed E-state index contributed by atoms with van der Waals surface area (Å²) in [6.45, 7) is 0.408. The number of amides is 1. The van der Waals surface area contributed by atoms with Gasteiger partial charge in [0.15, 0.2) is 6.10 Å². The zero-order valence-electron chi connectivity index (χ0n) is 15.2. The number of likely N-dealkylation sites (tertiary alicyclic amines) is 1. The van der Waals surface area contributed by atoms with Crippen molar-refractivity contribution >= 4 is 46.1 Å². The number of aromatic nitrogens is 2. The molecule has 148 valence electrons. The molecule has 0 bridgehead atoms. The second-order valence-electron chi connectivity index (χ2n) is 6.61. The number of carbonyl (C=O) groups is 1. The first-order valence-corrected chi connectivity index (χ1v) is 10.1. The van der Waals surface area contributed by atoms with Crippen LogP contribution >= 0.6 is 23.5 Å². The summed E-state index contributed by atoms with van der Waals surface area (Å²) in [5.41, 5.74) is 2.34. The quantitative estimate of drug-likeness (QED) is 0.467. The summed E-state index contributed by atoms with van der Waals surface area (Å²) in [4.78, 5) is 15.1. The molecule has 29 heavy (non-hydrogen) atoms. The molecule has 0 spiro atoms. The Kier molecular flexibility index (Phi) is 5.57. The van der Waals surface area contributed by atoms with Crippen LogP contribution in [0.15, 0.2) is 65.3 Å². The molecule has 1 aliphatic rings. The Morgan fingerprint density at radius 1 is 1.34 bits per heavy atom. The summed E-state index contributed by atoms with van der Waals surface area (Å²) in [6, 6.07) is 12.6. The molecule has 1 fully saturated rings. The third-order valence-electron chi connectivity index (χ3n) is 4.67. The molecule has 0 radical (unpaired) electrons. The molecule has 1 saturated heterocycles. The molecule has 0 aliphatic carbocycles. The zero-order valence-corrected chi connectivity index (χ0v) is 16.8. The lowest BCUT2D eigenvalue weighted by Gasteiger charge is -2.19. The van der Waals surface area contributed by atoms with Crippen molar-refractivity contribution in [2.24, 2.45) is 0 Å². The number of H-pyrrole nitrogens is 1. The molecule has 0 saturated carbocycles. The van der Waals surface area contributed by atoms with Gasteiger partial charge >= 0.3 is 0 Å². The van der Waals surface area contributed by atoms with Gasteiger partial charge in [0.25, 0.3) is 5.91 Å². The number of hydrogen-bond acceptors (Lipinski definition) is 6. The van der Waals surface area contributed by atoms with E-state index in [1.807, 2.05) is 18.2 Å². The predicted octanol–water partition coefficient (Wildman–Crippen LogP) is 3.29. The highest BCUT2D eigenvalue weighted by atomic mass is 35.5. The maximum Gasteiger partial charge on any atom is 0.256 e. The molecule has 1 amide bonds. The van der Waals surface area contributed by atoms with Crippen LogP contribution in [0.25, 0.3) is 10.9 Å². The van der Waals surface area contributed by atoms with E-state index in [1.165, 1.54) is 16.8 Å². The van der Waals surface area contributed by atoms with Crippen LogP contribution < -0.4 is 4.72 Å². The minimum atomic E-state index is -1.35. The highest BCUT2D eigenvalue weighted by Crippen LogP contribution is 2.26. The van der Waals surface area contributed by atoms with Gasteiger partial charge in [-0.1, -0.05) is 35.9 Å². The molecule has 9 heteroatoms. The van der Waals surface area contributed by atoms with Crippen molar-refractivity contribution < 1.29 is 9.90 Å². The lowest BCUT2D eigenvalue weighted by molar-refractivity contribution is -0.138. The van der Waals surface area contributed by atoms with E-state index >= 15 is 0 Å². The second-order valence-corrected chi connectivity index (χ2v) is 7.92. The number of halogens is 1. The molecule has 1 atom stereocenters. The van der Waals surface area contributed by atoms with Crippen molar-refractivity contribution in [1.82, 2.24) is 19.8 Å². The lowest BCUT2D eigenvalue weighted by Crippen LogP contribution is -2.33. The SMILES string of the molecule is N=C1CN(C(=O)C(O)c2ccccc2Cl)C/C1=C/NSc1ccc2cn[nH]c2c1. The molecular formula is C20H18ClN5O2S. The van der Waals surface area contributed by atoms with Gasteiger partial charge in [-0.3, -0.25) is 9.89 Å². The summed E-state index contributed by atoms with van der Waals surface area (Å²) in [7, 11) is 0. The molecule has 4 N–H and O–H groups in total. The smallest absolute Gasteiger partial charge is 0.256 e. The zero-order chi connectivity index (χ0) is 20.4. The Labute approximate surface area is 176 Å². The minimum Gasteiger partial charge on any atom is -0.378 e. The first-order valence-electron chi connectivity index (χ1n) is 8.86. The van der Waals surface area contributed by atoms with Crippen LogP contribution in [0.5, 0.6) is 0 Å². The van der Waals surface area contributed by atoms with E-state index < -0.39 is 12.0 Å². The number of rotatable bonds is 5. The number of fused-ring (bicyclic) bond motifs is 1. The van der Waals surface area contributed by atoms with Gasteiger partial charge in [0.1, 0.15) is 0 Å². The fraction of sp³-hybridized carbons (Fsp3) is 0.150. The van der Waals surface area contributed by atoms with Crippen LogP contribution in [0.1, 0.15) is 11.7 Å². The predicted molar refractivity (Wildman–Crippen MR) is 114 cm³/mol. The molecular weight excluding hydrogens is 410 g/mol. The summed E-state index contributed by atoms with van der Waals surface area (Å²) in [5, 5.41) is 26.9. The third-order valence-corrected chi connectivity index (χ3v) is 5.74. The summed E-state index contributed by atoms with van der Waals surface area (Å²) >= 11 is 7.48. The number of hydrogen-bond donors (Lipinski definition) is 4. The van der Waals surface area contributed by atoms with Crippen molar-refractivity contribution in [3.05, 3.63) is 71.0 Å². The number of carbonyl (C=O) groups excluding carboxylic acids is 1. The number of aliphatic hydroxyl groups is 1. The number of aromatic amines is 1. The Morgan fingerprint density at radius 2 is 2.17 bits per heavy atom. The van der Waals surface area contributed by atoms with E-state index in [2.05, 4.69) is 14.9 Å². The van der Waals surface area contributed by atoms with Crippen molar-refractivity contribution in [1.29, 1.82) is 5.41 Å². The van der Waals surface area contributed by atoms with Gasteiger partial charge in [0.2, 0.25) is 0 Å². The third kappa shape index (κ3) is 4.14. The van der Waals surface area contributed by atoms with Crippen LogP contribution in [-0.2, 0) is 4.79 Å². The Hall–Kier alpha value is -2.81. The average molecular weight is 428 g/mol. The molecule has 1 aliphatic heterocycles. The van der Waals surface area contributed by atoms with Gasteiger partial charge < -0.3 is 20.1 Å². The molecule has 1 unspecified atom stereocenters. The van der Waals surface area contributed by atoms with Crippen LogP contribution in [0.3, 0.4) is 0 Å². The number of benzene rings is 2. The van der Waals surface area contributed by atoms with Crippen molar-refractivity contribution in [2.75, 3.05) is 13.1 Å². The van der Waals surface area contributed by atoms with Gasteiger partial charge in [-0.15, -0.1) is 0 Å². The fourth-order valence-electron chi connectivity index (χ4n) is 3.09. The van der Waals surface area contributed by atoms with Crippen LogP contribution in [0.4, 0.5) is 0 Å². The van der Waals surface area contributed by atoms with Crippen molar-refractivity contribution in [3.63, 3.8) is 0 Å². The monoisotopic (exact) mass is 427 g/mol. The first kappa shape index (κ1) is 19.5. The standard InChI is InChI=1S/C20H18ClN5O2S/c21-16-4-2-1-3-15(16)19(27)20(28)26-10-13(17(22)11-26)9-24-29-14-6-5-12-8-23-25-18(12)7-14/h1-9,19,22,24,27H,10-11H2,(H,23,25)/b13-9-,22-17?. The maximum atomic E-state index is 12.6. The molecule has 7 nitrogen and oxygen atoms in total. The Bertz CT molecular complexity index is 1110. The van der Waals surface area contributed by atoms with Gasteiger partial charge in [-0.2, -0.15) is 5.10 Å². The van der Waals surface area contributed by atoms with Crippen LogP contribution in [0, 0.1) is 5.41 Å². The van der Waals surface area contributed by atoms with E-state index in [0.29, 0.717) is 21.9 Å². The minimum absolute atomic E-state index is 0.151. The molecule has 2 heterocycles. The topological polar surface area (TPSA) is 105 Å². The van der Waals surface area contributed by atoms with Crippen LogP contribution in [0.2, 0.25) is 5.02 Å². The highest BCUT2D eigenvalue weighted by Gasteiger charge is 2.31. The lowest BCUT2D eigenvalue weighted by atomic mass is 10.1. The van der Waals surface area contributed by atoms with Gasteiger partial charge in [0.05, 0.1) is 24.0 Å². The average Bonchev–Trinajstić information content (AvgIpc) is 3.33. The molecule has 1 aromatic heterocycles. The Balaban J connectivity index is 1.39.